The predicted octanol–water partition coefficient (Wildman–Crippen LogP) is 13.3. The van der Waals surface area contributed by atoms with Crippen molar-refractivity contribution >= 4 is 7.37 Å². The van der Waals surface area contributed by atoms with Crippen molar-refractivity contribution in [2.45, 2.75) is 194 Å². The molecule has 0 aliphatic carbocycles. The summed E-state index contributed by atoms with van der Waals surface area (Å²) >= 11 is 0. The first-order valence-corrected chi connectivity index (χ1v) is 19.8. The molecule has 0 aromatic rings. The summed E-state index contributed by atoms with van der Waals surface area (Å²) in [7, 11) is -2.89. The van der Waals surface area contributed by atoms with E-state index in [1.165, 1.54) is 154 Å². The minimum absolute atomic E-state index is 0.541. The van der Waals surface area contributed by atoms with Gasteiger partial charge in [0.1, 0.15) is 0 Å². The van der Waals surface area contributed by atoms with Crippen molar-refractivity contribution in [2.75, 3.05) is 12.3 Å². The Bertz CT molecular complexity index is 522. The molecule has 0 rings (SSSR count). The van der Waals surface area contributed by atoms with Crippen LogP contribution in [0.25, 0.3) is 0 Å². The second kappa shape index (κ2) is 32.2. The van der Waals surface area contributed by atoms with E-state index in [-0.39, 0.29) is 0 Å². The van der Waals surface area contributed by atoms with Gasteiger partial charge in [-0.2, -0.15) is 0 Å². The Morgan fingerprint density at radius 2 is 0.615 bits per heavy atom. The molecule has 39 heavy (non-hydrogen) atoms. The van der Waals surface area contributed by atoms with Crippen LogP contribution in [0.1, 0.15) is 194 Å². The summed E-state index contributed by atoms with van der Waals surface area (Å²) in [4.78, 5) is 10.3. The normalized spacial score (nSPS) is 13.6. The molecule has 0 unspecified atom stereocenters. The fraction of sp³-hybridized carbons (Fsp3) is 0.889. The quantitative estimate of drug-likeness (QED) is 0.0499. The molecule has 0 saturated heterocycles. The fourth-order valence-electron chi connectivity index (χ4n) is 5.32. The Kier molecular flexibility index (Phi) is 31.9. The highest BCUT2D eigenvalue weighted by molar-refractivity contribution is 7.57. The molecule has 0 amide bonds. The van der Waals surface area contributed by atoms with Crippen LogP contribution in [-0.2, 0) is 4.57 Å². The standard InChI is InChI=1S/C36H71O2P/c1-3-5-7-9-11-13-15-17-19-21-23-25-27-29-31-33-35-39(37,38)36-34-32-30-28-26-24-22-20-18-16-14-12-10-8-6-4-2/h17-20H,3-16,21-36H2,1-2H3,(H,37,38). The SMILES string of the molecule is CCCCCCCCC=CCCCCCCCCP(=O)(O)CCCCCCCCC=CCCCCCCCC. The molecular formula is C36H71O2P. The Labute approximate surface area is 246 Å². The third kappa shape index (κ3) is 33.8. The Hall–Kier alpha value is -0.330. The molecule has 0 atom stereocenters. The monoisotopic (exact) mass is 567 g/mol. The summed E-state index contributed by atoms with van der Waals surface area (Å²) in [6, 6.07) is 0. The molecular weight excluding hydrogens is 495 g/mol. The van der Waals surface area contributed by atoms with Gasteiger partial charge in [-0.05, 0) is 64.2 Å². The third-order valence-corrected chi connectivity index (χ3v) is 10.1. The maximum atomic E-state index is 12.4. The van der Waals surface area contributed by atoms with E-state index in [1.54, 1.807) is 0 Å². The van der Waals surface area contributed by atoms with Crippen LogP contribution < -0.4 is 0 Å². The van der Waals surface area contributed by atoms with E-state index in [0.717, 1.165) is 25.7 Å². The van der Waals surface area contributed by atoms with Crippen LogP contribution in [-0.4, -0.2) is 17.2 Å². The number of rotatable bonds is 32. The van der Waals surface area contributed by atoms with Crippen LogP contribution in [0.4, 0.5) is 0 Å². The Morgan fingerprint density at radius 3 is 0.897 bits per heavy atom. The molecule has 1 N–H and O–H groups in total. The first kappa shape index (κ1) is 38.7. The van der Waals surface area contributed by atoms with Gasteiger partial charge < -0.3 is 4.89 Å². The molecule has 2 nitrogen and oxygen atoms in total. The summed E-state index contributed by atoms with van der Waals surface area (Å²) in [5, 5.41) is 0. The van der Waals surface area contributed by atoms with Crippen molar-refractivity contribution in [1.29, 1.82) is 0 Å². The van der Waals surface area contributed by atoms with Gasteiger partial charge in [0, 0.05) is 12.3 Å². The van der Waals surface area contributed by atoms with E-state index in [0.29, 0.717) is 12.3 Å². The van der Waals surface area contributed by atoms with E-state index in [9.17, 15) is 9.46 Å². The molecule has 0 radical (unpaired) electrons. The average molecular weight is 567 g/mol. The van der Waals surface area contributed by atoms with Crippen molar-refractivity contribution in [2.24, 2.45) is 0 Å². The molecule has 0 spiro atoms. The number of unbranched alkanes of at least 4 members (excludes halogenated alkanes) is 24. The van der Waals surface area contributed by atoms with Gasteiger partial charge in [0.25, 0.3) is 0 Å². The van der Waals surface area contributed by atoms with Gasteiger partial charge in [-0.3, -0.25) is 4.57 Å². The van der Waals surface area contributed by atoms with Crippen molar-refractivity contribution in [1.82, 2.24) is 0 Å². The van der Waals surface area contributed by atoms with Crippen molar-refractivity contribution < 1.29 is 9.46 Å². The summed E-state index contributed by atoms with van der Waals surface area (Å²) in [6.45, 7) is 4.55. The number of hydrogen-bond acceptors (Lipinski definition) is 1. The van der Waals surface area contributed by atoms with Gasteiger partial charge in [-0.25, -0.2) is 0 Å². The van der Waals surface area contributed by atoms with E-state index in [1.807, 2.05) is 0 Å². The van der Waals surface area contributed by atoms with Crippen LogP contribution in [0, 0.1) is 0 Å². The second-order valence-corrected chi connectivity index (χ2v) is 14.8. The summed E-state index contributed by atoms with van der Waals surface area (Å²) in [5.74, 6) is 0. The second-order valence-electron chi connectivity index (χ2n) is 12.2. The van der Waals surface area contributed by atoms with Gasteiger partial charge in [0.2, 0.25) is 7.37 Å². The summed E-state index contributed by atoms with van der Waals surface area (Å²) in [6.07, 6.45) is 46.4. The topological polar surface area (TPSA) is 37.3 Å². The van der Waals surface area contributed by atoms with Gasteiger partial charge >= 0.3 is 0 Å². The molecule has 3 heteroatoms. The zero-order valence-electron chi connectivity index (χ0n) is 26.8. The molecule has 0 bridgehead atoms. The van der Waals surface area contributed by atoms with E-state index < -0.39 is 7.37 Å². The maximum absolute atomic E-state index is 12.4. The van der Waals surface area contributed by atoms with Crippen LogP contribution in [0.15, 0.2) is 24.3 Å². The summed E-state index contributed by atoms with van der Waals surface area (Å²) in [5.41, 5.74) is 0. The minimum Gasteiger partial charge on any atom is -0.344 e. The van der Waals surface area contributed by atoms with Gasteiger partial charge in [0.15, 0.2) is 0 Å². The largest absolute Gasteiger partial charge is 0.344 e. The Morgan fingerprint density at radius 1 is 0.385 bits per heavy atom. The zero-order chi connectivity index (χ0) is 28.5. The predicted molar refractivity (Wildman–Crippen MR) is 178 cm³/mol. The molecule has 0 saturated carbocycles. The lowest BCUT2D eigenvalue weighted by Crippen LogP contribution is -1.96. The van der Waals surface area contributed by atoms with Gasteiger partial charge in [-0.1, -0.05) is 154 Å². The minimum atomic E-state index is -2.89. The average Bonchev–Trinajstić information content (AvgIpc) is 2.92. The molecule has 0 aliphatic rings. The molecule has 0 aliphatic heterocycles. The third-order valence-electron chi connectivity index (χ3n) is 8.04. The molecule has 0 fully saturated rings. The molecule has 232 valence electrons. The van der Waals surface area contributed by atoms with E-state index >= 15 is 0 Å². The van der Waals surface area contributed by atoms with Crippen LogP contribution >= 0.6 is 7.37 Å². The highest BCUT2D eigenvalue weighted by Crippen LogP contribution is 2.42. The fourth-order valence-corrected chi connectivity index (χ4v) is 6.98. The Balaban J connectivity index is 3.36. The number of allylic oxidation sites excluding steroid dienone is 4. The van der Waals surface area contributed by atoms with Crippen molar-refractivity contribution in [3.63, 3.8) is 0 Å². The molecule has 0 heterocycles. The highest BCUT2D eigenvalue weighted by Gasteiger charge is 2.16. The first-order chi connectivity index (χ1) is 19.1. The van der Waals surface area contributed by atoms with Crippen LogP contribution in [0.5, 0.6) is 0 Å². The maximum Gasteiger partial charge on any atom is 0.200 e. The smallest absolute Gasteiger partial charge is 0.200 e. The van der Waals surface area contributed by atoms with Crippen LogP contribution in [0.2, 0.25) is 0 Å². The van der Waals surface area contributed by atoms with Gasteiger partial charge in [0.05, 0.1) is 0 Å². The van der Waals surface area contributed by atoms with E-state index in [4.69, 9.17) is 0 Å². The van der Waals surface area contributed by atoms with Crippen molar-refractivity contribution in [3.05, 3.63) is 24.3 Å². The van der Waals surface area contributed by atoms with Crippen LogP contribution in [0.3, 0.4) is 0 Å². The lowest BCUT2D eigenvalue weighted by atomic mass is 10.1. The zero-order valence-corrected chi connectivity index (χ0v) is 27.7. The summed E-state index contributed by atoms with van der Waals surface area (Å²) < 4.78 is 12.4. The van der Waals surface area contributed by atoms with Crippen molar-refractivity contribution in [3.8, 4) is 0 Å². The lowest BCUT2D eigenvalue weighted by molar-refractivity contribution is 0.469. The molecule has 0 aromatic heterocycles. The number of hydrogen-bond donors (Lipinski definition) is 1. The lowest BCUT2D eigenvalue weighted by Gasteiger charge is -2.11. The van der Waals surface area contributed by atoms with E-state index in [2.05, 4.69) is 38.2 Å². The first-order valence-electron chi connectivity index (χ1n) is 17.7. The van der Waals surface area contributed by atoms with Gasteiger partial charge in [-0.15, -0.1) is 0 Å². The highest BCUT2D eigenvalue weighted by atomic mass is 31.2. The molecule has 0 aromatic carbocycles.